The number of carboxylic acid groups (broad SMARTS) is 1. The number of halogens is 3. The minimum atomic E-state index is -4.52. The van der Waals surface area contributed by atoms with Crippen LogP contribution < -0.4 is 0 Å². The van der Waals surface area contributed by atoms with Gasteiger partial charge in [-0.15, -0.1) is 0 Å². The Kier molecular flexibility index (Phi) is 4.97. The molecule has 7 heteroatoms. The molecule has 1 N–H and O–H groups in total. The Hall–Kier alpha value is -2.05. The van der Waals surface area contributed by atoms with E-state index in [-0.39, 0.29) is 24.4 Å². The van der Waals surface area contributed by atoms with E-state index < -0.39 is 29.5 Å². The van der Waals surface area contributed by atoms with E-state index in [2.05, 4.69) is 0 Å². The Balaban J connectivity index is 2.15. The van der Waals surface area contributed by atoms with Gasteiger partial charge in [0.15, 0.2) is 0 Å². The van der Waals surface area contributed by atoms with Crippen LogP contribution in [-0.2, 0) is 22.2 Å². The van der Waals surface area contributed by atoms with Crippen molar-refractivity contribution >= 4 is 11.9 Å². The zero-order chi connectivity index (χ0) is 17.2. The maximum Gasteiger partial charge on any atom is 0.416 e. The second-order valence-corrected chi connectivity index (χ2v) is 6.01. The third-order valence-corrected chi connectivity index (χ3v) is 4.03. The lowest BCUT2D eigenvalue weighted by molar-refractivity contribution is -0.146. The molecule has 1 aliphatic rings. The van der Waals surface area contributed by atoms with Crippen LogP contribution in [0.2, 0.25) is 0 Å². The molecule has 0 spiro atoms. The van der Waals surface area contributed by atoms with E-state index in [1.165, 1.54) is 23.1 Å². The minimum absolute atomic E-state index is 0.00617. The SMILES string of the molecule is CC1CC(C(=O)O)CN(C(=O)Cc2ccccc2C(F)(F)F)C1. The number of hydrogen-bond donors (Lipinski definition) is 1. The van der Waals surface area contributed by atoms with E-state index >= 15 is 0 Å². The number of benzene rings is 1. The van der Waals surface area contributed by atoms with Gasteiger partial charge in [-0.1, -0.05) is 25.1 Å². The number of amides is 1. The Bertz CT molecular complexity index is 600. The zero-order valence-electron chi connectivity index (χ0n) is 12.6. The number of likely N-dealkylation sites (tertiary alicyclic amines) is 1. The standard InChI is InChI=1S/C16H18F3NO3/c1-10-6-12(15(22)23)9-20(8-10)14(21)7-11-4-2-3-5-13(11)16(17,18)19/h2-5,10,12H,6-9H2,1H3,(H,22,23). The van der Waals surface area contributed by atoms with E-state index in [9.17, 15) is 22.8 Å². The molecule has 0 saturated carbocycles. The largest absolute Gasteiger partial charge is 0.481 e. The molecule has 1 heterocycles. The fourth-order valence-corrected chi connectivity index (χ4v) is 2.96. The summed E-state index contributed by atoms with van der Waals surface area (Å²) in [6.45, 7) is 2.25. The topological polar surface area (TPSA) is 57.6 Å². The van der Waals surface area contributed by atoms with Crippen molar-refractivity contribution in [3.8, 4) is 0 Å². The van der Waals surface area contributed by atoms with Gasteiger partial charge in [0.05, 0.1) is 17.9 Å². The van der Waals surface area contributed by atoms with Crippen molar-refractivity contribution in [3.05, 3.63) is 35.4 Å². The minimum Gasteiger partial charge on any atom is -0.481 e. The molecule has 0 aliphatic carbocycles. The first-order chi connectivity index (χ1) is 10.7. The van der Waals surface area contributed by atoms with E-state index in [1.54, 1.807) is 0 Å². The van der Waals surface area contributed by atoms with Gasteiger partial charge in [-0.25, -0.2) is 0 Å². The number of hydrogen-bond acceptors (Lipinski definition) is 2. The van der Waals surface area contributed by atoms with Crippen LogP contribution >= 0.6 is 0 Å². The molecular formula is C16H18F3NO3. The number of aliphatic carboxylic acids is 1. The summed E-state index contributed by atoms with van der Waals surface area (Å²) in [7, 11) is 0. The van der Waals surface area contributed by atoms with Gasteiger partial charge in [0.2, 0.25) is 5.91 Å². The average Bonchev–Trinajstić information content (AvgIpc) is 2.46. The molecule has 2 unspecified atom stereocenters. The van der Waals surface area contributed by atoms with E-state index in [4.69, 9.17) is 5.11 Å². The predicted molar refractivity (Wildman–Crippen MR) is 76.6 cm³/mol. The summed E-state index contributed by atoms with van der Waals surface area (Å²) in [5.74, 6) is -2.11. The first kappa shape index (κ1) is 17.3. The van der Waals surface area contributed by atoms with Crippen LogP contribution in [0, 0.1) is 11.8 Å². The van der Waals surface area contributed by atoms with E-state index in [0.717, 1.165) is 6.07 Å². The molecule has 0 radical (unpaired) electrons. The monoisotopic (exact) mass is 329 g/mol. The fourth-order valence-electron chi connectivity index (χ4n) is 2.96. The van der Waals surface area contributed by atoms with Crippen molar-refractivity contribution in [3.63, 3.8) is 0 Å². The summed E-state index contributed by atoms with van der Waals surface area (Å²) in [6.07, 6.45) is -4.43. The Morgan fingerprint density at radius 2 is 1.91 bits per heavy atom. The van der Waals surface area contributed by atoms with Gasteiger partial charge >= 0.3 is 12.1 Å². The van der Waals surface area contributed by atoms with Crippen LogP contribution in [0.1, 0.15) is 24.5 Å². The molecule has 4 nitrogen and oxygen atoms in total. The van der Waals surface area contributed by atoms with Crippen molar-refractivity contribution in [2.45, 2.75) is 25.9 Å². The van der Waals surface area contributed by atoms with Crippen LogP contribution in [0.5, 0.6) is 0 Å². The predicted octanol–water partition coefficient (Wildman–Crippen LogP) is 2.82. The molecule has 1 aromatic rings. The average molecular weight is 329 g/mol. The van der Waals surface area contributed by atoms with Crippen LogP contribution in [-0.4, -0.2) is 35.0 Å². The second-order valence-electron chi connectivity index (χ2n) is 6.01. The fraction of sp³-hybridized carbons (Fsp3) is 0.500. The highest BCUT2D eigenvalue weighted by Gasteiger charge is 2.35. The van der Waals surface area contributed by atoms with Crippen LogP contribution in [0.3, 0.4) is 0 Å². The quantitative estimate of drug-likeness (QED) is 0.928. The van der Waals surface area contributed by atoms with Crippen molar-refractivity contribution < 1.29 is 27.9 Å². The summed E-state index contributed by atoms with van der Waals surface area (Å²) in [4.78, 5) is 24.8. The Morgan fingerprint density at radius 3 is 2.52 bits per heavy atom. The molecule has 0 aromatic heterocycles. The number of alkyl halides is 3. The van der Waals surface area contributed by atoms with Crippen molar-refractivity contribution in [1.82, 2.24) is 4.90 Å². The molecule has 1 aromatic carbocycles. The normalized spacial score (nSPS) is 22.0. The molecule has 1 saturated heterocycles. The summed E-state index contributed by atoms with van der Waals surface area (Å²) in [5.41, 5.74) is -0.914. The van der Waals surface area contributed by atoms with Crippen LogP contribution in [0.15, 0.2) is 24.3 Å². The molecule has 1 amide bonds. The van der Waals surface area contributed by atoms with Crippen LogP contribution in [0.25, 0.3) is 0 Å². The highest BCUT2D eigenvalue weighted by molar-refractivity contribution is 5.80. The smallest absolute Gasteiger partial charge is 0.416 e. The van der Waals surface area contributed by atoms with Gasteiger partial charge in [0, 0.05) is 13.1 Å². The molecule has 1 fully saturated rings. The van der Waals surface area contributed by atoms with E-state index in [0.29, 0.717) is 13.0 Å². The highest BCUT2D eigenvalue weighted by Crippen LogP contribution is 2.32. The van der Waals surface area contributed by atoms with Crippen molar-refractivity contribution in [2.24, 2.45) is 11.8 Å². The highest BCUT2D eigenvalue weighted by atomic mass is 19.4. The number of nitrogens with zero attached hydrogens (tertiary/aromatic N) is 1. The molecule has 1 aliphatic heterocycles. The zero-order valence-corrected chi connectivity index (χ0v) is 12.6. The first-order valence-electron chi connectivity index (χ1n) is 7.34. The summed E-state index contributed by atoms with van der Waals surface area (Å²) in [5, 5.41) is 9.11. The lowest BCUT2D eigenvalue weighted by atomic mass is 9.90. The van der Waals surface area contributed by atoms with Gasteiger partial charge in [0.25, 0.3) is 0 Å². The molecule has 23 heavy (non-hydrogen) atoms. The van der Waals surface area contributed by atoms with Gasteiger partial charge in [-0.3, -0.25) is 9.59 Å². The number of piperidine rings is 1. The summed E-state index contributed by atoms with van der Waals surface area (Å²) >= 11 is 0. The maximum atomic E-state index is 13.0. The third-order valence-electron chi connectivity index (χ3n) is 4.03. The molecular weight excluding hydrogens is 311 g/mol. The van der Waals surface area contributed by atoms with Crippen molar-refractivity contribution in [1.29, 1.82) is 0 Å². The maximum absolute atomic E-state index is 13.0. The van der Waals surface area contributed by atoms with Gasteiger partial charge in [0.1, 0.15) is 0 Å². The first-order valence-corrected chi connectivity index (χ1v) is 7.34. The lowest BCUT2D eigenvalue weighted by Crippen LogP contribution is -2.46. The van der Waals surface area contributed by atoms with Crippen LogP contribution in [0.4, 0.5) is 13.2 Å². The molecule has 2 atom stereocenters. The van der Waals surface area contributed by atoms with E-state index in [1.807, 2.05) is 6.92 Å². The number of carbonyl (C=O) groups is 2. The number of carbonyl (C=O) groups excluding carboxylic acids is 1. The van der Waals surface area contributed by atoms with Gasteiger partial charge in [-0.05, 0) is 24.0 Å². The third kappa shape index (κ3) is 4.24. The summed E-state index contributed by atoms with van der Waals surface area (Å²) < 4.78 is 38.9. The van der Waals surface area contributed by atoms with Gasteiger partial charge in [-0.2, -0.15) is 13.2 Å². The molecule has 126 valence electrons. The lowest BCUT2D eigenvalue weighted by Gasteiger charge is -2.35. The Morgan fingerprint density at radius 1 is 1.26 bits per heavy atom. The number of carboxylic acids is 1. The molecule has 2 rings (SSSR count). The van der Waals surface area contributed by atoms with Gasteiger partial charge < -0.3 is 10.0 Å². The van der Waals surface area contributed by atoms with Crippen molar-refractivity contribution in [2.75, 3.05) is 13.1 Å². The summed E-state index contributed by atoms with van der Waals surface area (Å²) in [6, 6.07) is 4.96. The number of rotatable bonds is 3. The molecule has 0 bridgehead atoms. The second kappa shape index (κ2) is 6.60. The Labute approximate surface area is 131 Å².